The Kier molecular flexibility index (Phi) is 7.82. The number of furan rings is 2. The second-order valence-electron chi connectivity index (χ2n) is 24.6. The highest BCUT2D eigenvalue weighted by molar-refractivity contribution is 6.24. The van der Waals surface area contributed by atoms with Gasteiger partial charge in [0.15, 0.2) is 0 Å². The molecule has 4 aliphatic carbocycles. The summed E-state index contributed by atoms with van der Waals surface area (Å²) in [6.07, 6.45) is 0. The second kappa shape index (κ2) is 13.9. The first-order valence-electron chi connectivity index (χ1n) is 27.3. The zero-order valence-electron chi connectivity index (χ0n) is 44.1. The van der Waals surface area contributed by atoms with Gasteiger partial charge in [0.1, 0.15) is 22.3 Å². The van der Waals surface area contributed by atoms with Gasteiger partial charge in [0.25, 0.3) is 0 Å². The summed E-state index contributed by atoms with van der Waals surface area (Å²) in [5.74, 6) is 0. The molecule has 13 aromatic rings. The van der Waals surface area contributed by atoms with E-state index in [2.05, 4.69) is 237 Å². The minimum absolute atomic E-state index is 0.169. The lowest BCUT2D eigenvalue weighted by Crippen LogP contribution is -2.24. The zero-order chi connectivity index (χ0) is 51.1. The summed E-state index contributed by atoms with van der Waals surface area (Å²) in [5.41, 5.74) is 28.9. The van der Waals surface area contributed by atoms with Crippen LogP contribution in [0.2, 0.25) is 0 Å². The Morgan fingerprint density at radius 3 is 1.18 bits per heavy atom. The molecule has 0 aliphatic heterocycles. The Morgan fingerprint density at radius 1 is 0.250 bits per heavy atom. The van der Waals surface area contributed by atoms with Gasteiger partial charge in [0.05, 0.1) is 0 Å². The highest BCUT2D eigenvalue weighted by Gasteiger charge is 2.49. The average molecular weight is 975 g/mol. The molecule has 11 aromatic carbocycles. The Balaban J connectivity index is 0.934. The molecule has 76 heavy (non-hydrogen) atoms. The van der Waals surface area contributed by atoms with Crippen molar-refractivity contribution in [2.75, 3.05) is 0 Å². The third-order valence-electron chi connectivity index (χ3n) is 19.4. The van der Waals surface area contributed by atoms with E-state index in [-0.39, 0.29) is 16.2 Å². The number of para-hydroxylation sites is 2. The molecule has 0 fully saturated rings. The van der Waals surface area contributed by atoms with Crippen molar-refractivity contribution >= 4 is 65.4 Å². The molecule has 4 aliphatic rings. The summed E-state index contributed by atoms with van der Waals surface area (Å²) in [7, 11) is 0. The van der Waals surface area contributed by atoms with Crippen molar-refractivity contribution in [3.05, 3.63) is 226 Å². The van der Waals surface area contributed by atoms with Gasteiger partial charge in [0, 0.05) is 54.3 Å². The van der Waals surface area contributed by atoms with Crippen molar-refractivity contribution in [3.8, 4) is 66.8 Å². The lowest BCUT2D eigenvalue weighted by atomic mass is 9.72. The van der Waals surface area contributed by atoms with Crippen molar-refractivity contribution in [3.63, 3.8) is 0 Å². The zero-order valence-corrected chi connectivity index (χ0v) is 44.1. The van der Waals surface area contributed by atoms with Gasteiger partial charge in [-0.25, -0.2) is 0 Å². The lowest BCUT2D eigenvalue weighted by Gasteiger charge is -2.31. The Bertz CT molecular complexity index is 4860. The van der Waals surface area contributed by atoms with Crippen LogP contribution in [-0.2, 0) is 21.7 Å². The molecule has 362 valence electrons. The van der Waals surface area contributed by atoms with Crippen molar-refractivity contribution < 1.29 is 8.83 Å². The smallest absolute Gasteiger partial charge is 0.144 e. The van der Waals surface area contributed by atoms with E-state index in [1.807, 2.05) is 0 Å². The monoisotopic (exact) mass is 974 g/mol. The molecule has 0 N–H and O–H groups in total. The molecule has 2 aromatic heterocycles. The summed E-state index contributed by atoms with van der Waals surface area (Å²) < 4.78 is 14.5. The van der Waals surface area contributed by atoms with Crippen LogP contribution in [0.4, 0.5) is 0 Å². The Morgan fingerprint density at radius 2 is 0.632 bits per heavy atom. The van der Waals surface area contributed by atoms with E-state index in [1.165, 1.54) is 138 Å². The predicted octanol–water partition coefficient (Wildman–Crippen LogP) is 20.4. The number of rotatable bonds is 2. The summed E-state index contributed by atoms with van der Waals surface area (Å²) in [6.45, 7) is 19.5. The maximum atomic E-state index is 7.29. The van der Waals surface area contributed by atoms with Gasteiger partial charge < -0.3 is 8.83 Å². The van der Waals surface area contributed by atoms with Crippen LogP contribution in [0.3, 0.4) is 0 Å². The van der Waals surface area contributed by atoms with Gasteiger partial charge in [0.2, 0.25) is 0 Å². The summed E-state index contributed by atoms with van der Waals surface area (Å²) in [5, 5.41) is 9.79. The molecule has 0 amide bonds. The number of hydrogen-bond acceptors (Lipinski definition) is 2. The molecule has 0 atom stereocenters. The van der Waals surface area contributed by atoms with Crippen LogP contribution in [0.25, 0.3) is 132 Å². The van der Waals surface area contributed by atoms with Crippen LogP contribution in [0.1, 0.15) is 99.9 Å². The van der Waals surface area contributed by atoms with E-state index in [0.717, 1.165) is 38.7 Å². The van der Waals surface area contributed by atoms with E-state index in [1.54, 1.807) is 0 Å². The molecule has 0 unspecified atom stereocenters. The fourth-order valence-corrected chi connectivity index (χ4v) is 15.9. The summed E-state index contributed by atoms with van der Waals surface area (Å²) >= 11 is 0. The molecule has 0 radical (unpaired) electrons. The van der Waals surface area contributed by atoms with Crippen molar-refractivity contribution in [1.82, 2.24) is 0 Å². The normalized spacial score (nSPS) is 16.3. The van der Waals surface area contributed by atoms with Gasteiger partial charge in [-0.15, -0.1) is 0 Å². The molecule has 2 nitrogen and oxygen atoms in total. The largest absolute Gasteiger partial charge is 0.455 e. The maximum absolute atomic E-state index is 7.29. The SMILES string of the molecule is CC1(C)c2ccccc2-c2c1cc(-c1cc3c(c4c1oc1ccccc14)-c1ccc4c(c1C3(C)C)C(C)(C)c1cc(-c3cc5c(c6ccccc36)-c3ccccc3C5(C)C)c3c(oc5ccccc53)c1-4)c1ccccc21. The minimum atomic E-state index is -0.392. The number of benzene rings is 11. The first kappa shape index (κ1) is 42.8. The van der Waals surface area contributed by atoms with Gasteiger partial charge >= 0.3 is 0 Å². The second-order valence-corrected chi connectivity index (χ2v) is 24.6. The van der Waals surface area contributed by atoms with Crippen molar-refractivity contribution in [1.29, 1.82) is 0 Å². The van der Waals surface area contributed by atoms with E-state index in [0.29, 0.717) is 0 Å². The predicted molar refractivity (Wildman–Crippen MR) is 317 cm³/mol. The van der Waals surface area contributed by atoms with Gasteiger partial charge in [-0.1, -0.05) is 201 Å². The standard InChI is InChI=1S/C74H54O2/c1-71(2)53-29-17-13-25-43(53)61-41-23-11-9-21-39(41)49(35-55(61)71)51-37-58-65(70-63(51)45-27-15-19-31-59(45)76-70)48-34-33-47-64-57(73(5,6)67(47)68(48)74(58,7)8)38-52(69-66(64)46-28-16-20-32-60(46)75-69)50-36-56-62(42-24-12-10-22-40(42)50)44-26-14-18-30-54(44)72(56,3)4/h9-38H,1-8H3. The number of fused-ring (bicyclic) bond motifs is 25. The molecule has 17 rings (SSSR count). The van der Waals surface area contributed by atoms with E-state index in [9.17, 15) is 0 Å². The van der Waals surface area contributed by atoms with Gasteiger partial charge in [-0.05, 0) is 158 Å². The molecular formula is C74H54O2. The molecule has 0 spiro atoms. The molecule has 0 saturated carbocycles. The highest BCUT2D eigenvalue weighted by atomic mass is 16.3. The third kappa shape index (κ3) is 4.96. The van der Waals surface area contributed by atoms with E-state index < -0.39 is 5.41 Å². The van der Waals surface area contributed by atoms with Crippen LogP contribution in [0.15, 0.2) is 191 Å². The van der Waals surface area contributed by atoms with Crippen molar-refractivity contribution in [2.45, 2.75) is 77.0 Å². The first-order valence-corrected chi connectivity index (χ1v) is 27.3. The Labute approximate surface area is 442 Å². The Hall–Kier alpha value is -8.46. The van der Waals surface area contributed by atoms with E-state index >= 15 is 0 Å². The van der Waals surface area contributed by atoms with Crippen LogP contribution >= 0.6 is 0 Å². The maximum Gasteiger partial charge on any atom is 0.144 e. The minimum Gasteiger partial charge on any atom is -0.455 e. The molecule has 0 bridgehead atoms. The van der Waals surface area contributed by atoms with Gasteiger partial charge in [-0.2, -0.15) is 0 Å². The van der Waals surface area contributed by atoms with Crippen LogP contribution < -0.4 is 0 Å². The topological polar surface area (TPSA) is 26.3 Å². The van der Waals surface area contributed by atoms with Crippen LogP contribution in [0.5, 0.6) is 0 Å². The van der Waals surface area contributed by atoms with Crippen molar-refractivity contribution in [2.24, 2.45) is 0 Å². The van der Waals surface area contributed by atoms with Crippen LogP contribution in [0, 0.1) is 0 Å². The van der Waals surface area contributed by atoms with Crippen LogP contribution in [-0.4, -0.2) is 0 Å². The lowest BCUT2D eigenvalue weighted by molar-refractivity contribution is 0.601. The highest BCUT2D eigenvalue weighted by Crippen LogP contribution is 2.65. The van der Waals surface area contributed by atoms with E-state index in [4.69, 9.17) is 8.83 Å². The summed E-state index contributed by atoms with van der Waals surface area (Å²) in [4.78, 5) is 0. The first-order chi connectivity index (χ1) is 36.8. The fraction of sp³-hybridized carbons (Fsp3) is 0.162. The molecule has 0 saturated heterocycles. The quantitative estimate of drug-likeness (QED) is 0.173. The average Bonchev–Trinajstić information content (AvgIpc) is 4.31. The van der Waals surface area contributed by atoms with Gasteiger partial charge in [-0.3, -0.25) is 0 Å². The fourth-order valence-electron chi connectivity index (χ4n) is 15.9. The third-order valence-corrected chi connectivity index (χ3v) is 19.4. The number of hydrogen-bond donors (Lipinski definition) is 0. The molecule has 2 heterocycles. The summed E-state index contributed by atoms with van der Waals surface area (Å²) in [6, 6.07) is 68.6. The molecular weight excluding hydrogens is 921 g/mol. The molecule has 2 heteroatoms.